The molecule has 12 heteroatoms. The molecule has 2 saturated heterocycles. The van der Waals surface area contributed by atoms with Gasteiger partial charge in [0.15, 0.2) is 5.78 Å². The number of hydrogen-bond donors (Lipinski definition) is 2. The number of imide groups is 2. The minimum Gasteiger partial charge on any atom is -0.371 e. The number of ketones is 1. The van der Waals surface area contributed by atoms with Gasteiger partial charge in [-0.1, -0.05) is 32.9 Å². The SMILES string of the molecule is CCc1cc2c(cc1N1CCC(N(C)Cc3cc4c(cc3F)C(=O)N(C3CCC(=O)NC3=O)C4=O)CC1)C(C)(C)c1[nH]c3cc(C=O)ccc3c1C2=O. The highest BCUT2D eigenvalue weighted by molar-refractivity contribution is 6.23. The summed E-state index contributed by atoms with van der Waals surface area (Å²) in [6.07, 6.45) is 3.20. The number of H-pyrrole nitrogens is 1. The Hall–Kier alpha value is -5.49. The molecule has 4 heterocycles. The minimum atomic E-state index is -1.11. The van der Waals surface area contributed by atoms with Crippen molar-refractivity contribution in [1.82, 2.24) is 20.1 Å². The van der Waals surface area contributed by atoms with Crippen molar-refractivity contribution in [1.29, 1.82) is 0 Å². The van der Waals surface area contributed by atoms with Gasteiger partial charge in [-0.3, -0.25) is 43.9 Å². The standard InChI is InChI=1S/C41H40FN5O6/c1-5-22-15-28-29(41(2,3)37-35(36(28)50)25-7-6-21(20-48)14-31(25)43-37)18-33(22)46-12-10-24(11-13-46)45(4)19-23-16-26-27(17-30(23)42)40(53)47(39(26)52)32-8-9-34(49)44-38(32)51/h6-7,14-18,20,24,32,43H,5,8-13,19H2,1-4H3,(H,44,49,51). The maximum atomic E-state index is 15.5. The number of fused-ring (bicyclic) bond motifs is 5. The number of piperidine rings is 2. The number of nitrogens with zero attached hydrogens (tertiary/aromatic N) is 3. The Bertz CT molecular complexity index is 2300. The lowest BCUT2D eigenvalue weighted by molar-refractivity contribution is -0.136. The lowest BCUT2D eigenvalue weighted by atomic mass is 9.70. The van der Waals surface area contributed by atoms with Gasteiger partial charge in [0, 0.05) is 76.5 Å². The maximum Gasteiger partial charge on any atom is 0.262 e. The average molecular weight is 718 g/mol. The summed E-state index contributed by atoms with van der Waals surface area (Å²) < 4.78 is 15.5. The third-order valence-electron chi connectivity index (χ3n) is 11.8. The number of benzene rings is 3. The molecule has 53 heavy (non-hydrogen) atoms. The van der Waals surface area contributed by atoms with Crippen molar-refractivity contribution in [2.24, 2.45) is 0 Å². The molecule has 2 fully saturated rings. The van der Waals surface area contributed by atoms with Crippen LogP contribution in [-0.2, 0) is 28.0 Å². The second-order valence-corrected chi connectivity index (χ2v) is 15.2. The van der Waals surface area contributed by atoms with Gasteiger partial charge < -0.3 is 9.88 Å². The Kier molecular flexibility index (Phi) is 8.21. The van der Waals surface area contributed by atoms with Crippen LogP contribution in [0, 0.1) is 5.82 Å². The quantitative estimate of drug-likeness (QED) is 0.200. The van der Waals surface area contributed by atoms with Gasteiger partial charge >= 0.3 is 0 Å². The van der Waals surface area contributed by atoms with Crippen LogP contribution in [0.3, 0.4) is 0 Å². The first-order chi connectivity index (χ1) is 25.3. The van der Waals surface area contributed by atoms with Gasteiger partial charge in [-0.05, 0) is 74.2 Å². The van der Waals surface area contributed by atoms with Gasteiger partial charge in [0.25, 0.3) is 11.8 Å². The lowest BCUT2D eigenvalue weighted by Crippen LogP contribution is -2.54. The zero-order valence-corrected chi connectivity index (χ0v) is 30.1. The van der Waals surface area contributed by atoms with Crippen LogP contribution in [0.5, 0.6) is 0 Å². The van der Waals surface area contributed by atoms with E-state index in [9.17, 15) is 28.8 Å². The van der Waals surface area contributed by atoms with Gasteiger partial charge in [-0.2, -0.15) is 0 Å². The molecule has 11 nitrogen and oxygen atoms in total. The Labute approximate surface area is 305 Å². The van der Waals surface area contributed by atoms with E-state index in [2.05, 4.69) is 53.0 Å². The Morgan fingerprint density at radius 1 is 0.925 bits per heavy atom. The fraction of sp³-hybridized carbons (Fsp3) is 0.366. The molecule has 3 aliphatic heterocycles. The molecule has 0 saturated carbocycles. The number of aryl methyl sites for hydroxylation is 1. The molecule has 4 aromatic rings. The maximum absolute atomic E-state index is 15.5. The Morgan fingerprint density at radius 3 is 2.30 bits per heavy atom. The Morgan fingerprint density at radius 2 is 1.62 bits per heavy atom. The summed E-state index contributed by atoms with van der Waals surface area (Å²) in [7, 11) is 1.93. The summed E-state index contributed by atoms with van der Waals surface area (Å²) >= 11 is 0. The first kappa shape index (κ1) is 34.6. The zero-order valence-electron chi connectivity index (χ0n) is 30.1. The van der Waals surface area contributed by atoms with Crippen LogP contribution in [-0.4, -0.2) is 82.7 Å². The first-order valence-corrected chi connectivity index (χ1v) is 18.1. The second-order valence-electron chi connectivity index (χ2n) is 15.2. The van der Waals surface area contributed by atoms with E-state index < -0.39 is 40.9 Å². The third kappa shape index (κ3) is 5.41. The van der Waals surface area contributed by atoms with E-state index in [-0.39, 0.29) is 47.9 Å². The summed E-state index contributed by atoms with van der Waals surface area (Å²) in [4.78, 5) is 84.9. The van der Waals surface area contributed by atoms with Crippen molar-refractivity contribution in [3.05, 3.63) is 98.5 Å². The van der Waals surface area contributed by atoms with Crippen LogP contribution in [0.25, 0.3) is 10.9 Å². The molecule has 1 unspecified atom stereocenters. The van der Waals surface area contributed by atoms with Gasteiger partial charge in [-0.25, -0.2) is 4.39 Å². The molecule has 272 valence electrons. The molecule has 4 aliphatic rings. The van der Waals surface area contributed by atoms with Crippen molar-refractivity contribution >= 4 is 52.3 Å². The van der Waals surface area contributed by atoms with Gasteiger partial charge in [0.05, 0.1) is 16.7 Å². The predicted molar refractivity (Wildman–Crippen MR) is 195 cm³/mol. The van der Waals surface area contributed by atoms with Gasteiger partial charge in [0.1, 0.15) is 18.1 Å². The van der Waals surface area contributed by atoms with Gasteiger partial charge in [-0.15, -0.1) is 0 Å². The highest BCUT2D eigenvalue weighted by Gasteiger charge is 2.45. The van der Waals surface area contributed by atoms with E-state index in [1.165, 1.54) is 6.07 Å². The highest BCUT2D eigenvalue weighted by Crippen LogP contribution is 2.46. The number of rotatable bonds is 7. The third-order valence-corrected chi connectivity index (χ3v) is 11.8. The number of anilines is 1. The lowest BCUT2D eigenvalue weighted by Gasteiger charge is -2.40. The van der Waals surface area contributed by atoms with E-state index in [1.807, 2.05) is 13.1 Å². The van der Waals surface area contributed by atoms with E-state index in [0.29, 0.717) is 16.7 Å². The number of aromatic amines is 1. The normalized spacial score (nSPS) is 19.9. The number of aldehydes is 1. The molecule has 1 aliphatic carbocycles. The van der Waals surface area contributed by atoms with Crippen molar-refractivity contribution in [2.75, 3.05) is 25.0 Å². The van der Waals surface area contributed by atoms with Crippen LogP contribution in [0.1, 0.15) is 116 Å². The van der Waals surface area contributed by atoms with Crippen LogP contribution in [0.4, 0.5) is 10.1 Å². The average Bonchev–Trinajstić information content (AvgIpc) is 3.65. The predicted octanol–water partition coefficient (Wildman–Crippen LogP) is 5.05. The molecule has 0 radical (unpaired) electrons. The van der Waals surface area contributed by atoms with Crippen molar-refractivity contribution in [2.45, 2.75) is 76.9 Å². The van der Waals surface area contributed by atoms with Crippen molar-refractivity contribution in [3.8, 4) is 0 Å². The largest absolute Gasteiger partial charge is 0.371 e. The zero-order chi connectivity index (χ0) is 37.5. The summed E-state index contributed by atoms with van der Waals surface area (Å²) in [5, 5.41) is 2.99. The topological polar surface area (TPSA) is 140 Å². The molecule has 0 bridgehead atoms. The molecule has 1 aromatic heterocycles. The molecule has 8 rings (SSSR count). The molecular formula is C41H40FN5O6. The number of amides is 4. The molecule has 0 spiro atoms. The monoisotopic (exact) mass is 717 g/mol. The number of halogens is 1. The molecule has 4 amide bonds. The van der Waals surface area contributed by atoms with Crippen LogP contribution >= 0.6 is 0 Å². The van der Waals surface area contributed by atoms with Crippen LogP contribution < -0.4 is 10.2 Å². The summed E-state index contributed by atoms with van der Waals surface area (Å²) in [6.45, 7) is 8.06. The van der Waals surface area contributed by atoms with E-state index in [4.69, 9.17) is 0 Å². The fourth-order valence-corrected chi connectivity index (χ4v) is 8.78. The van der Waals surface area contributed by atoms with Crippen LogP contribution in [0.2, 0.25) is 0 Å². The summed E-state index contributed by atoms with van der Waals surface area (Å²) in [5.41, 5.74) is 6.45. The van der Waals surface area contributed by atoms with E-state index in [0.717, 1.165) is 83.0 Å². The molecule has 2 N–H and O–H groups in total. The number of carbonyl (C=O) groups is 6. The number of aromatic nitrogens is 1. The molecule has 3 aromatic carbocycles. The van der Waals surface area contributed by atoms with Crippen molar-refractivity contribution in [3.63, 3.8) is 0 Å². The second kappa shape index (κ2) is 12.6. The summed E-state index contributed by atoms with van der Waals surface area (Å²) in [6, 6.07) is 11.1. The van der Waals surface area contributed by atoms with Crippen LogP contribution in [0.15, 0.2) is 42.5 Å². The number of carbonyl (C=O) groups excluding carboxylic acids is 6. The fourth-order valence-electron chi connectivity index (χ4n) is 8.78. The summed E-state index contributed by atoms with van der Waals surface area (Å²) in [5.74, 6) is -3.18. The first-order valence-electron chi connectivity index (χ1n) is 18.1. The number of nitrogens with one attached hydrogen (secondary N) is 2. The van der Waals surface area contributed by atoms with E-state index >= 15 is 4.39 Å². The number of hydrogen-bond acceptors (Lipinski definition) is 8. The minimum absolute atomic E-state index is 0.00760. The smallest absolute Gasteiger partial charge is 0.262 e. The Balaban J connectivity index is 0.992. The highest BCUT2D eigenvalue weighted by atomic mass is 19.1. The van der Waals surface area contributed by atoms with E-state index in [1.54, 1.807) is 12.1 Å². The molecular weight excluding hydrogens is 677 g/mol. The molecule has 1 atom stereocenters. The van der Waals surface area contributed by atoms with Crippen molar-refractivity contribution < 1.29 is 33.2 Å². The van der Waals surface area contributed by atoms with Gasteiger partial charge in [0.2, 0.25) is 11.8 Å².